The van der Waals surface area contributed by atoms with E-state index in [4.69, 9.17) is 5.73 Å². The molecule has 1 unspecified atom stereocenters. The van der Waals surface area contributed by atoms with Gasteiger partial charge in [0.1, 0.15) is 11.5 Å². The third-order valence-electron chi connectivity index (χ3n) is 3.52. The van der Waals surface area contributed by atoms with Gasteiger partial charge in [-0.15, -0.1) is 46.3 Å². The molecule has 0 spiro atoms. The molecule has 1 aliphatic heterocycles. The Bertz CT molecular complexity index is 659. The van der Waals surface area contributed by atoms with Crippen LogP contribution < -0.4 is 11.1 Å². The van der Waals surface area contributed by atoms with Crippen LogP contribution in [0.3, 0.4) is 0 Å². The van der Waals surface area contributed by atoms with E-state index in [0.29, 0.717) is 18.7 Å². The lowest BCUT2D eigenvalue weighted by atomic mass is 10.3. The number of amides is 1. The maximum Gasteiger partial charge on any atom is 0.271 e. The van der Waals surface area contributed by atoms with Crippen LogP contribution in [0.1, 0.15) is 46.5 Å². The van der Waals surface area contributed by atoms with Gasteiger partial charge in [-0.2, -0.15) is 0 Å². The van der Waals surface area contributed by atoms with Crippen molar-refractivity contribution in [1.29, 1.82) is 0 Å². The van der Waals surface area contributed by atoms with Crippen molar-refractivity contribution in [2.75, 3.05) is 6.54 Å². The van der Waals surface area contributed by atoms with E-state index < -0.39 is 0 Å². The fourth-order valence-electron chi connectivity index (χ4n) is 2.48. The number of carbonyl (C=O) groups excluding carboxylic acids is 1. The third-order valence-corrected chi connectivity index (χ3v) is 4.42. The van der Waals surface area contributed by atoms with E-state index in [0.717, 1.165) is 36.0 Å². The number of rotatable bonds is 5. The molecule has 0 fully saturated rings. The van der Waals surface area contributed by atoms with Gasteiger partial charge in [-0.05, 0) is 19.9 Å². The average molecular weight is 379 g/mol. The van der Waals surface area contributed by atoms with Crippen LogP contribution in [0, 0.1) is 0 Å². The zero-order valence-electron chi connectivity index (χ0n) is 12.7. The van der Waals surface area contributed by atoms with Gasteiger partial charge in [0, 0.05) is 24.8 Å². The molecule has 10 heteroatoms. The quantitative estimate of drug-likeness (QED) is 0.821. The SMILES string of the molecule is CC(NC(=O)c1csc(CCN)n1)c1nnc2n1CCC2.Cl.Cl. The molecule has 7 nitrogen and oxygen atoms in total. The van der Waals surface area contributed by atoms with Crippen LogP contribution in [0.2, 0.25) is 0 Å². The van der Waals surface area contributed by atoms with Gasteiger partial charge in [0.25, 0.3) is 5.91 Å². The van der Waals surface area contributed by atoms with Gasteiger partial charge in [-0.1, -0.05) is 0 Å². The van der Waals surface area contributed by atoms with Crippen LogP contribution in [0.5, 0.6) is 0 Å². The van der Waals surface area contributed by atoms with Crippen LogP contribution >= 0.6 is 36.2 Å². The first-order valence-electron chi connectivity index (χ1n) is 7.06. The lowest BCUT2D eigenvalue weighted by Crippen LogP contribution is -2.29. The number of carbonyl (C=O) groups is 1. The number of nitrogens with two attached hydrogens (primary N) is 1. The highest BCUT2D eigenvalue weighted by Crippen LogP contribution is 2.19. The molecular formula is C13H20Cl2N6OS. The third kappa shape index (κ3) is 4.20. The van der Waals surface area contributed by atoms with Crippen LogP contribution in [0.4, 0.5) is 0 Å². The lowest BCUT2D eigenvalue weighted by Gasteiger charge is -2.12. The summed E-state index contributed by atoms with van der Waals surface area (Å²) in [7, 11) is 0. The molecule has 3 rings (SSSR count). The maximum absolute atomic E-state index is 12.2. The molecule has 1 amide bonds. The summed E-state index contributed by atoms with van der Waals surface area (Å²) in [5.74, 6) is 1.63. The van der Waals surface area contributed by atoms with Gasteiger partial charge < -0.3 is 15.6 Å². The molecule has 0 saturated carbocycles. The number of hydrogen-bond acceptors (Lipinski definition) is 6. The van der Waals surface area contributed by atoms with E-state index in [9.17, 15) is 4.79 Å². The zero-order valence-corrected chi connectivity index (χ0v) is 15.1. The number of nitrogens with zero attached hydrogens (tertiary/aromatic N) is 4. The standard InChI is InChI=1S/C13H18N6OS.2ClH/c1-8(12-18-17-10-3-2-6-19(10)12)15-13(20)9-7-21-11(16-9)4-5-14;;/h7-8H,2-6,14H2,1H3,(H,15,20);2*1H. The predicted octanol–water partition coefficient (Wildman–Crippen LogP) is 1.52. The molecule has 1 aliphatic rings. The number of nitrogens with one attached hydrogen (secondary N) is 1. The molecule has 0 aliphatic carbocycles. The summed E-state index contributed by atoms with van der Waals surface area (Å²) in [6.45, 7) is 3.38. The Hall–Kier alpha value is -1.22. The van der Waals surface area contributed by atoms with Crippen LogP contribution in [0.15, 0.2) is 5.38 Å². The van der Waals surface area contributed by atoms with Crippen molar-refractivity contribution in [2.24, 2.45) is 5.73 Å². The number of aromatic nitrogens is 4. The number of thiazole rings is 1. The predicted molar refractivity (Wildman–Crippen MR) is 93.6 cm³/mol. The molecule has 3 heterocycles. The van der Waals surface area contributed by atoms with E-state index in [1.165, 1.54) is 11.3 Å². The summed E-state index contributed by atoms with van der Waals surface area (Å²) in [5, 5.41) is 13.9. The molecule has 1 atom stereocenters. The number of aryl methyl sites for hydroxylation is 1. The van der Waals surface area contributed by atoms with E-state index in [2.05, 4.69) is 25.1 Å². The molecule has 2 aromatic heterocycles. The molecule has 23 heavy (non-hydrogen) atoms. The Kier molecular flexibility index (Phi) is 7.40. The van der Waals surface area contributed by atoms with E-state index in [-0.39, 0.29) is 36.8 Å². The monoisotopic (exact) mass is 378 g/mol. The van der Waals surface area contributed by atoms with Gasteiger partial charge in [-0.3, -0.25) is 4.79 Å². The minimum atomic E-state index is -0.184. The van der Waals surface area contributed by atoms with Gasteiger partial charge >= 0.3 is 0 Å². The highest BCUT2D eigenvalue weighted by atomic mass is 35.5. The molecule has 0 bridgehead atoms. The number of fused-ring (bicyclic) bond motifs is 1. The van der Waals surface area contributed by atoms with Crippen molar-refractivity contribution < 1.29 is 4.79 Å². The van der Waals surface area contributed by atoms with E-state index in [1.807, 2.05) is 6.92 Å². The summed E-state index contributed by atoms with van der Waals surface area (Å²) in [4.78, 5) is 16.5. The van der Waals surface area contributed by atoms with Crippen molar-refractivity contribution >= 4 is 42.1 Å². The van der Waals surface area contributed by atoms with Crippen molar-refractivity contribution in [2.45, 2.75) is 38.8 Å². The van der Waals surface area contributed by atoms with Gasteiger partial charge in [0.15, 0.2) is 5.82 Å². The Morgan fingerprint density at radius 1 is 1.48 bits per heavy atom. The first kappa shape index (κ1) is 19.8. The van der Waals surface area contributed by atoms with Crippen LogP contribution in [-0.4, -0.2) is 32.2 Å². The number of halogens is 2. The Morgan fingerprint density at radius 2 is 2.26 bits per heavy atom. The molecule has 3 N–H and O–H groups in total. The fourth-order valence-corrected chi connectivity index (χ4v) is 3.28. The minimum Gasteiger partial charge on any atom is -0.341 e. The first-order valence-corrected chi connectivity index (χ1v) is 7.94. The largest absolute Gasteiger partial charge is 0.341 e. The molecule has 128 valence electrons. The van der Waals surface area contributed by atoms with E-state index in [1.54, 1.807) is 5.38 Å². The maximum atomic E-state index is 12.2. The van der Waals surface area contributed by atoms with Crippen molar-refractivity contribution in [3.8, 4) is 0 Å². The molecule has 0 saturated heterocycles. The second-order valence-electron chi connectivity index (χ2n) is 5.09. The second-order valence-corrected chi connectivity index (χ2v) is 6.03. The average Bonchev–Trinajstić information content (AvgIpc) is 3.14. The van der Waals surface area contributed by atoms with E-state index >= 15 is 0 Å². The first-order chi connectivity index (χ1) is 10.2. The summed E-state index contributed by atoms with van der Waals surface area (Å²) in [6, 6.07) is -0.184. The van der Waals surface area contributed by atoms with Crippen molar-refractivity contribution in [1.82, 2.24) is 25.1 Å². The van der Waals surface area contributed by atoms with Crippen LogP contribution in [-0.2, 0) is 19.4 Å². The Morgan fingerprint density at radius 3 is 3.00 bits per heavy atom. The summed E-state index contributed by atoms with van der Waals surface area (Å²) in [6.07, 6.45) is 2.75. The number of hydrogen-bond donors (Lipinski definition) is 2. The summed E-state index contributed by atoms with van der Waals surface area (Å²) in [5.41, 5.74) is 5.93. The van der Waals surface area contributed by atoms with Gasteiger partial charge in [0.05, 0.1) is 11.0 Å². The summed E-state index contributed by atoms with van der Waals surface area (Å²) >= 11 is 1.46. The van der Waals surface area contributed by atoms with Gasteiger partial charge in [-0.25, -0.2) is 4.98 Å². The second kappa shape index (κ2) is 8.58. The highest BCUT2D eigenvalue weighted by Gasteiger charge is 2.23. The topological polar surface area (TPSA) is 98.7 Å². The minimum absolute atomic E-state index is 0. The fraction of sp³-hybridized carbons (Fsp3) is 0.538. The normalized spacial score (nSPS) is 13.7. The zero-order chi connectivity index (χ0) is 14.8. The molecule has 0 radical (unpaired) electrons. The smallest absolute Gasteiger partial charge is 0.271 e. The van der Waals surface area contributed by atoms with Gasteiger partial charge in [0.2, 0.25) is 0 Å². The Balaban J connectivity index is 0.00000132. The molecule has 2 aromatic rings. The van der Waals surface area contributed by atoms with Crippen molar-refractivity contribution in [3.63, 3.8) is 0 Å². The van der Waals surface area contributed by atoms with Crippen LogP contribution in [0.25, 0.3) is 0 Å². The highest BCUT2D eigenvalue weighted by molar-refractivity contribution is 7.09. The molecule has 0 aromatic carbocycles. The van der Waals surface area contributed by atoms with Crippen molar-refractivity contribution in [3.05, 3.63) is 27.7 Å². The Labute approximate surface area is 150 Å². The lowest BCUT2D eigenvalue weighted by molar-refractivity contribution is 0.0933. The molecular weight excluding hydrogens is 359 g/mol. The summed E-state index contributed by atoms with van der Waals surface area (Å²) < 4.78 is 2.09.